The minimum atomic E-state index is -5.13. The Kier molecular flexibility index (Phi) is 2.82. The van der Waals surface area contributed by atoms with E-state index in [1.54, 1.807) is 0 Å². The van der Waals surface area contributed by atoms with Gasteiger partial charge in [-0.3, -0.25) is 0 Å². The summed E-state index contributed by atoms with van der Waals surface area (Å²) < 4.78 is 45.1. The predicted octanol–water partition coefficient (Wildman–Crippen LogP) is 2.26. The first-order valence-electron chi connectivity index (χ1n) is 4.70. The second-order valence-corrected chi connectivity index (χ2v) is 3.31. The Balaban J connectivity index is 2.51. The lowest BCUT2D eigenvalue weighted by atomic mass is 10.2. The summed E-state index contributed by atoms with van der Waals surface area (Å²) in [6.45, 7) is 0. The van der Waals surface area contributed by atoms with Crippen LogP contribution in [0.15, 0.2) is 39.5 Å². The van der Waals surface area contributed by atoms with Gasteiger partial charge in [-0.15, -0.1) is 0 Å². The van der Waals surface area contributed by atoms with Crippen molar-refractivity contribution < 1.29 is 27.1 Å². The van der Waals surface area contributed by atoms with Crippen LogP contribution < -0.4 is 10.4 Å². The Labute approximate surface area is 97.6 Å². The molecule has 1 aromatic heterocycles. The maximum absolute atomic E-state index is 12.1. The Bertz CT molecular complexity index is 657. The van der Waals surface area contributed by atoms with E-state index in [-0.39, 0.29) is 11.0 Å². The van der Waals surface area contributed by atoms with Crippen molar-refractivity contribution in [1.29, 1.82) is 0 Å². The zero-order chi connectivity index (χ0) is 13.3. The normalized spacial score (nSPS) is 11.5. The molecule has 0 aliphatic carbocycles. The fraction of sp³-hybridized carbons (Fsp3) is 0.0909. The van der Waals surface area contributed by atoms with Gasteiger partial charge in [0.15, 0.2) is 0 Å². The topological polar surface area (TPSA) is 56.5 Å². The van der Waals surface area contributed by atoms with Crippen LogP contribution in [-0.2, 0) is 4.79 Å². The SMILES string of the molecule is O=C(Oc1cc(=O)oc2ccccc12)C(F)(F)F. The summed E-state index contributed by atoms with van der Waals surface area (Å²) in [5.41, 5.74) is -0.867. The number of carbonyl (C=O) groups excluding carboxylic acids is 1. The molecule has 0 unspecified atom stereocenters. The van der Waals surface area contributed by atoms with Gasteiger partial charge in [0.1, 0.15) is 11.3 Å². The van der Waals surface area contributed by atoms with Gasteiger partial charge in [-0.25, -0.2) is 9.59 Å². The fourth-order valence-corrected chi connectivity index (χ4v) is 1.32. The van der Waals surface area contributed by atoms with Crippen LogP contribution in [0.2, 0.25) is 0 Å². The molecule has 7 heteroatoms. The molecule has 0 aliphatic heterocycles. The number of hydrogen-bond acceptors (Lipinski definition) is 4. The maximum Gasteiger partial charge on any atom is 0.491 e. The molecule has 0 N–H and O–H groups in total. The number of rotatable bonds is 1. The minimum absolute atomic E-state index is 0.0370. The van der Waals surface area contributed by atoms with E-state index in [0.717, 1.165) is 0 Å². The highest BCUT2D eigenvalue weighted by Crippen LogP contribution is 2.26. The van der Waals surface area contributed by atoms with Crippen LogP contribution in [0.3, 0.4) is 0 Å². The third-order valence-corrected chi connectivity index (χ3v) is 2.05. The molecule has 0 fully saturated rings. The molecule has 4 nitrogen and oxygen atoms in total. The lowest BCUT2D eigenvalue weighted by molar-refractivity contribution is -0.189. The molecule has 0 spiro atoms. The number of esters is 1. The summed E-state index contributed by atoms with van der Waals surface area (Å²) in [5.74, 6) is -2.87. The van der Waals surface area contributed by atoms with E-state index in [9.17, 15) is 22.8 Å². The summed E-state index contributed by atoms with van der Waals surface area (Å²) in [7, 11) is 0. The number of ether oxygens (including phenoxy) is 1. The molecule has 0 bridgehead atoms. The zero-order valence-corrected chi connectivity index (χ0v) is 8.65. The van der Waals surface area contributed by atoms with Crippen molar-refractivity contribution in [2.75, 3.05) is 0 Å². The zero-order valence-electron chi connectivity index (χ0n) is 8.65. The number of para-hydroxylation sites is 1. The Morgan fingerprint density at radius 3 is 2.56 bits per heavy atom. The van der Waals surface area contributed by atoms with Gasteiger partial charge in [-0.2, -0.15) is 13.2 Å². The van der Waals surface area contributed by atoms with E-state index in [2.05, 4.69) is 4.74 Å². The first-order chi connectivity index (χ1) is 8.38. The minimum Gasteiger partial charge on any atom is -0.422 e. The number of fused-ring (bicyclic) bond motifs is 1. The molecule has 0 amide bonds. The Morgan fingerprint density at radius 2 is 1.89 bits per heavy atom. The van der Waals surface area contributed by atoms with E-state index in [1.165, 1.54) is 24.3 Å². The number of alkyl halides is 3. The van der Waals surface area contributed by atoms with Crippen LogP contribution in [0.1, 0.15) is 0 Å². The van der Waals surface area contributed by atoms with Crippen LogP contribution in [0, 0.1) is 0 Å². The molecule has 94 valence electrons. The molecule has 0 saturated carbocycles. The van der Waals surface area contributed by atoms with Gasteiger partial charge in [0.2, 0.25) is 0 Å². The molecular formula is C11H5F3O4. The molecule has 1 heterocycles. The largest absolute Gasteiger partial charge is 0.491 e. The molecule has 0 saturated heterocycles. The number of halogens is 3. The number of benzene rings is 1. The molecule has 2 rings (SSSR count). The van der Waals surface area contributed by atoms with Crippen molar-refractivity contribution in [3.05, 3.63) is 40.8 Å². The standard InChI is InChI=1S/C11H5F3O4/c12-11(13,14)10(16)18-8-5-9(15)17-7-4-2-1-3-6(7)8/h1-5H. The third kappa shape index (κ3) is 2.34. The molecule has 18 heavy (non-hydrogen) atoms. The first kappa shape index (κ1) is 12.2. The van der Waals surface area contributed by atoms with Crippen molar-refractivity contribution in [3.8, 4) is 5.75 Å². The first-order valence-corrected chi connectivity index (χ1v) is 4.70. The molecule has 0 atom stereocenters. The Morgan fingerprint density at radius 1 is 1.22 bits per heavy atom. The van der Waals surface area contributed by atoms with Crippen LogP contribution in [-0.4, -0.2) is 12.1 Å². The number of carbonyl (C=O) groups is 1. The van der Waals surface area contributed by atoms with E-state index in [4.69, 9.17) is 4.42 Å². The summed E-state index contributed by atoms with van der Waals surface area (Å²) in [6.07, 6.45) is -5.13. The van der Waals surface area contributed by atoms with E-state index in [1.807, 2.05) is 0 Å². The summed E-state index contributed by atoms with van der Waals surface area (Å²) in [5, 5.41) is 0.106. The summed E-state index contributed by atoms with van der Waals surface area (Å²) >= 11 is 0. The number of hydrogen-bond donors (Lipinski definition) is 0. The average molecular weight is 258 g/mol. The highest BCUT2D eigenvalue weighted by atomic mass is 19.4. The quantitative estimate of drug-likeness (QED) is 0.581. The smallest absolute Gasteiger partial charge is 0.422 e. The second-order valence-electron chi connectivity index (χ2n) is 3.31. The Hall–Kier alpha value is -2.31. The van der Waals surface area contributed by atoms with Gasteiger partial charge < -0.3 is 9.15 Å². The summed E-state index contributed by atoms with van der Waals surface area (Å²) in [6, 6.07) is 6.47. The monoisotopic (exact) mass is 258 g/mol. The van der Waals surface area contributed by atoms with Crippen LogP contribution >= 0.6 is 0 Å². The highest BCUT2D eigenvalue weighted by molar-refractivity contribution is 5.87. The van der Waals surface area contributed by atoms with Crippen LogP contribution in [0.25, 0.3) is 11.0 Å². The molecule has 2 aromatic rings. The van der Waals surface area contributed by atoms with Crippen molar-refractivity contribution in [1.82, 2.24) is 0 Å². The molecule has 0 radical (unpaired) electrons. The predicted molar refractivity (Wildman–Crippen MR) is 54.2 cm³/mol. The maximum atomic E-state index is 12.1. The van der Waals surface area contributed by atoms with Gasteiger partial charge in [-0.1, -0.05) is 12.1 Å². The van der Waals surface area contributed by atoms with Crippen LogP contribution in [0.4, 0.5) is 13.2 Å². The van der Waals surface area contributed by atoms with Gasteiger partial charge in [0.05, 0.1) is 11.5 Å². The van der Waals surface area contributed by atoms with Crippen molar-refractivity contribution in [2.24, 2.45) is 0 Å². The van der Waals surface area contributed by atoms with Gasteiger partial charge >= 0.3 is 17.8 Å². The van der Waals surface area contributed by atoms with Crippen molar-refractivity contribution in [2.45, 2.75) is 6.18 Å². The van der Waals surface area contributed by atoms with E-state index in [0.29, 0.717) is 6.07 Å². The van der Waals surface area contributed by atoms with Gasteiger partial charge in [0, 0.05) is 0 Å². The molecule has 0 aliphatic rings. The lowest BCUT2D eigenvalue weighted by Crippen LogP contribution is -2.28. The lowest BCUT2D eigenvalue weighted by Gasteiger charge is -2.08. The van der Waals surface area contributed by atoms with E-state index < -0.39 is 23.5 Å². The van der Waals surface area contributed by atoms with Gasteiger partial charge in [0.25, 0.3) is 0 Å². The fourth-order valence-electron chi connectivity index (χ4n) is 1.32. The summed E-state index contributed by atoms with van der Waals surface area (Å²) in [4.78, 5) is 21.8. The third-order valence-electron chi connectivity index (χ3n) is 2.05. The molecular weight excluding hydrogens is 253 g/mol. The average Bonchev–Trinajstić information content (AvgIpc) is 2.27. The van der Waals surface area contributed by atoms with Gasteiger partial charge in [-0.05, 0) is 12.1 Å². The van der Waals surface area contributed by atoms with E-state index >= 15 is 0 Å². The van der Waals surface area contributed by atoms with Crippen LogP contribution in [0.5, 0.6) is 5.75 Å². The second kappa shape index (κ2) is 4.17. The van der Waals surface area contributed by atoms with Crippen molar-refractivity contribution >= 4 is 16.9 Å². The van der Waals surface area contributed by atoms with Crippen molar-refractivity contribution in [3.63, 3.8) is 0 Å². The highest BCUT2D eigenvalue weighted by Gasteiger charge is 2.41. The molecule has 1 aromatic carbocycles.